The first-order valence-corrected chi connectivity index (χ1v) is 12.0. The maximum Gasteiger partial charge on any atom is 0.243 e. The van der Waals surface area contributed by atoms with Crippen LogP contribution in [0.15, 0.2) is 41.3 Å². The average molecular weight is 429 g/mol. The average Bonchev–Trinajstić information content (AvgIpc) is 2.73. The van der Waals surface area contributed by atoms with Gasteiger partial charge in [0, 0.05) is 25.6 Å². The van der Waals surface area contributed by atoms with Crippen molar-refractivity contribution in [2.24, 2.45) is 5.92 Å². The number of sulfonamides is 1. The number of hydrogen-bond donors (Lipinski definition) is 1. The van der Waals surface area contributed by atoms with Gasteiger partial charge in [0.05, 0.1) is 4.90 Å². The molecule has 3 rings (SSSR count). The second-order valence-corrected chi connectivity index (χ2v) is 10.2. The van der Waals surface area contributed by atoms with Gasteiger partial charge in [0.25, 0.3) is 0 Å². The fourth-order valence-electron chi connectivity index (χ4n) is 4.17. The first-order chi connectivity index (χ1) is 14.2. The van der Waals surface area contributed by atoms with E-state index in [1.165, 1.54) is 5.56 Å². The van der Waals surface area contributed by atoms with E-state index < -0.39 is 10.0 Å². The Hall–Kier alpha value is -2.18. The Morgan fingerprint density at radius 1 is 1.00 bits per heavy atom. The van der Waals surface area contributed by atoms with Gasteiger partial charge in [-0.2, -0.15) is 4.31 Å². The third kappa shape index (κ3) is 4.76. The van der Waals surface area contributed by atoms with Crippen molar-refractivity contribution in [2.75, 3.05) is 19.6 Å². The first kappa shape index (κ1) is 22.5. The summed E-state index contributed by atoms with van der Waals surface area (Å²) >= 11 is 0. The molecule has 0 aromatic heterocycles. The minimum absolute atomic E-state index is 0.0294. The molecule has 1 N–H and O–H groups in total. The molecule has 30 heavy (non-hydrogen) atoms. The minimum atomic E-state index is -3.57. The lowest BCUT2D eigenvalue weighted by atomic mass is 9.97. The van der Waals surface area contributed by atoms with Crippen molar-refractivity contribution >= 4 is 15.9 Å². The normalized spacial score (nSPS) is 15.9. The second-order valence-electron chi connectivity index (χ2n) is 8.29. The van der Waals surface area contributed by atoms with Gasteiger partial charge in [-0.3, -0.25) is 4.79 Å². The van der Waals surface area contributed by atoms with Crippen LogP contribution in [0, 0.1) is 33.6 Å². The van der Waals surface area contributed by atoms with E-state index in [-0.39, 0.29) is 11.8 Å². The molecule has 0 aliphatic carbocycles. The van der Waals surface area contributed by atoms with Gasteiger partial charge in [-0.15, -0.1) is 0 Å². The van der Waals surface area contributed by atoms with Crippen molar-refractivity contribution in [1.29, 1.82) is 0 Å². The highest BCUT2D eigenvalue weighted by Crippen LogP contribution is 2.31. The van der Waals surface area contributed by atoms with E-state index in [1.54, 1.807) is 4.31 Å². The van der Waals surface area contributed by atoms with Gasteiger partial charge in [-0.1, -0.05) is 36.4 Å². The van der Waals surface area contributed by atoms with Crippen molar-refractivity contribution in [1.82, 2.24) is 9.62 Å². The van der Waals surface area contributed by atoms with Crippen LogP contribution in [0.2, 0.25) is 0 Å². The molecule has 2 aromatic carbocycles. The predicted octanol–water partition coefficient (Wildman–Crippen LogP) is 3.68. The summed E-state index contributed by atoms with van der Waals surface area (Å²) in [6, 6.07) is 12.1. The molecule has 0 radical (unpaired) electrons. The molecular formula is C24H32N2O3S. The first-order valence-electron chi connectivity index (χ1n) is 10.6. The SMILES string of the molecule is Cc1cc(C)c(C)c(S(=O)(=O)N2CCC(C(=O)NCCc3ccccc3)CC2)c1C. The van der Waals surface area contributed by atoms with Gasteiger partial charge in [0.2, 0.25) is 15.9 Å². The topological polar surface area (TPSA) is 66.5 Å². The van der Waals surface area contributed by atoms with Crippen molar-refractivity contribution < 1.29 is 13.2 Å². The lowest BCUT2D eigenvalue weighted by Crippen LogP contribution is -2.43. The van der Waals surface area contributed by atoms with Crippen LogP contribution in [0.3, 0.4) is 0 Å². The minimum Gasteiger partial charge on any atom is -0.356 e. The van der Waals surface area contributed by atoms with E-state index in [1.807, 2.05) is 64.1 Å². The van der Waals surface area contributed by atoms with Gasteiger partial charge in [0.1, 0.15) is 0 Å². The fraction of sp³-hybridized carbons (Fsp3) is 0.458. The van der Waals surface area contributed by atoms with Crippen LogP contribution in [0.25, 0.3) is 0 Å². The molecule has 1 fully saturated rings. The zero-order chi connectivity index (χ0) is 21.9. The van der Waals surface area contributed by atoms with Gasteiger partial charge in [-0.25, -0.2) is 8.42 Å². The van der Waals surface area contributed by atoms with E-state index >= 15 is 0 Å². The van der Waals surface area contributed by atoms with E-state index in [0.717, 1.165) is 28.7 Å². The molecule has 0 unspecified atom stereocenters. The molecular weight excluding hydrogens is 396 g/mol. The maximum atomic E-state index is 13.4. The summed E-state index contributed by atoms with van der Waals surface area (Å²) in [6.45, 7) is 9.01. The van der Waals surface area contributed by atoms with Crippen LogP contribution in [-0.2, 0) is 21.2 Å². The molecule has 6 heteroatoms. The Kier molecular flexibility index (Phi) is 6.98. The Bertz CT molecular complexity index is 982. The lowest BCUT2D eigenvalue weighted by molar-refractivity contribution is -0.126. The zero-order valence-electron chi connectivity index (χ0n) is 18.4. The Morgan fingerprint density at radius 3 is 2.13 bits per heavy atom. The Morgan fingerprint density at radius 2 is 1.57 bits per heavy atom. The monoisotopic (exact) mass is 428 g/mol. The van der Waals surface area contributed by atoms with E-state index in [9.17, 15) is 13.2 Å². The Balaban J connectivity index is 1.60. The summed E-state index contributed by atoms with van der Waals surface area (Å²) in [5.41, 5.74) is 4.81. The van der Waals surface area contributed by atoms with Gasteiger partial charge < -0.3 is 5.32 Å². The van der Waals surface area contributed by atoms with Crippen LogP contribution >= 0.6 is 0 Å². The number of nitrogens with one attached hydrogen (secondary N) is 1. The number of amides is 1. The highest BCUT2D eigenvalue weighted by Gasteiger charge is 2.34. The summed E-state index contributed by atoms with van der Waals surface area (Å²) in [4.78, 5) is 13.0. The smallest absolute Gasteiger partial charge is 0.243 e. The molecule has 2 aromatic rings. The molecule has 1 heterocycles. The van der Waals surface area contributed by atoms with E-state index in [0.29, 0.717) is 37.4 Å². The zero-order valence-corrected chi connectivity index (χ0v) is 19.2. The summed E-state index contributed by atoms with van der Waals surface area (Å²) in [6.07, 6.45) is 1.91. The molecule has 1 saturated heterocycles. The number of carbonyl (C=O) groups is 1. The van der Waals surface area contributed by atoms with Crippen molar-refractivity contribution in [3.05, 3.63) is 64.2 Å². The van der Waals surface area contributed by atoms with Crippen molar-refractivity contribution in [2.45, 2.75) is 51.9 Å². The molecule has 0 spiro atoms. The van der Waals surface area contributed by atoms with Crippen LogP contribution in [0.5, 0.6) is 0 Å². The standard InChI is InChI=1S/C24H32N2O3S/c1-17-16-18(2)20(4)23(19(17)3)30(28,29)26-14-11-22(12-15-26)24(27)25-13-10-21-8-6-5-7-9-21/h5-9,16,22H,10-15H2,1-4H3,(H,25,27). The van der Waals surface area contributed by atoms with Crippen LogP contribution in [-0.4, -0.2) is 38.3 Å². The number of piperidine rings is 1. The second kappa shape index (κ2) is 9.31. The summed E-state index contributed by atoms with van der Waals surface area (Å²) < 4.78 is 28.3. The summed E-state index contributed by atoms with van der Waals surface area (Å²) in [7, 11) is -3.57. The Labute approximate surface area is 180 Å². The molecule has 162 valence electrons. The molecule has 1 amide bonds. The third-order valence-electron chi connectivity index (χ3n) is 6.28. The van der Waals surface area contributed by atoms with E-state index in [2.05, 4.69) is 5.32 Å². The molecule has 1 aliphatic rings. The maximum absolute atomic E-state index is 13.4. The van der Waals surface area contributed by atoms with Crippen molar-refractivity contribution in [3.63, 3.8) is 0 Å². The lowest BCUT2D eigenvalue weighted by Gasteiger charge is -2.31. The van der Waals surface area contributed by atoms with Gasteiger partial charge in [-0.05, 0) is 74.8 Å². The number of nitrogens with zero attached hydrogens (tertiary/aromatic N) is 1. The quantitative estimate of drug-likeness (QED) is 0.763. The summed E-state index contributed by atoms with van der Waals surface area (Å²) in [5.74, 6) is -0.101. The van der Waals surface area contributed by atoms with Crippen LogP contribution in [0.4, 0.5) is 0 Å². The molecule has 0 atom stereocenters. The predicted molar refractivity (Wildman–Crippen MR) is 120 cm³/mol. The van der Waals surface area contributed by atoms with Crippen molar-refractivity contribution in [3.8, 4) is 0 Å². The number of rotatable bonds is 6. The number of benzene rings is 2. The number of aryl methyl sites for hydroxylation is 2. The van der Waals surface area contributed by atoms with E-state index in [4.69, 9.17) is 0 Å². The molecule has 0 bridgehead atoms. The third-order valence-corrected chi connectivity index (χ3v) is 8.45. The highest BCUT2D eigenvalue weighted by atomic mass is 32.2. The summed E-state index contributed by atoms with van der Waals surface area (Å²) in [5, 5.41) is 3.01. The van der Waals surface area contributed by atoms with Crippen LogP contribution < -0.4 is 5.32 Å². The highest BCUT2D eigenvalue weighted by molar-refractivity contribution is 7.89. The number of hydrogen-bond acceptors (Lipinski definition) is 3. The molecule has 5 nitrogen and oxygen atoms in total. The largest absolute Gasteiger partial charge is 0.356 e. The molecule has 0 saturated carbocycles. The fourth-order valence-corrected chi connectivity index (χ4v) is 6.22. The van der Waals surface area contributed by atoms with Gasteiger partial charge in [0.15, 0.2) is 0 Å². The van der Waals surface area contributed by atoms with Gasteiger partial charge >= 0.3 is 0 Å². The number of carbonyl (C=O) groups excluding carboxylic acids is 1. The molecule has 1 aliphatic heterocycles. The van der Waals surface area contributed by atoms with Crippen LogP contribution in [0.1, 0.15) is 40.7 Å².